The lowest BCUT2D eigenvalue weighted by Gasteiger charge is -2.24. The molecule has 0 aliphatic heterocycles. The summed E-state index contributed by atoms with van der Waals surface area (Å²) in [5.41, 5.74) is 2.20. The highest BCUT2D eigenvalue weighted by Gasteiger charge is 2.23. The summed E-state index contributed by atoms with van der Waals surface area (Å²) in [4.78, 5) is 14.3. The largest absolute Gasteiger partial charge is 0.493 e. The van der Waals surface area contributed by atoms with Crippen LogP contribution in [0.2, 0.25) is 0 Å². The second-order valence-electron chi connectivity index (χ2n) is 5.91. The first-order chi connectivity index (χ1) is 11.0. The predicted molar refractivity (Wildman–Crippen MR) is 92.3 cm³/mol. The molecule has 0 radical (unpaired) electrons. The van der Waals surface area contributed by atoms with Gasteiger partial charge in [0.2, 0.25) is 5.91 Å². The average molecular weight is 316 g/mol. The molecule has 1 rings (SSSR count). The maximum absolute atomic E-state index is 12.5. The molecule has 1 aromatic rings. The van der Waals surface area contributed by atoms with Crippen LogP contribution in [0.25, 0.3) is 0 Å². The van der Waals surface area contributed by atoms with Crippen LogP contribution in [0.5, 0.6) is 5.75 Å². The van der Waals surface area contributed by atoms with Gasteiger partial charge in [0.1, 0.15) is 11.7 Å². The molecule has 4 heteroatoms. The smallest absolute Gasteiger partial charge is 0.240 e. The van der Waals surface area contributed by atoms with Crippen molar-refractivity contribution in [3.63, 3.8) is 0 Å². The Bertz CT molecular complexity index is 543. The molecule has 1 aromatic carbocycles. The minimum atomic E-state index is -0.627. The van der Waals surface area contributed by atoms with Crippen molar-refractivity contribution in [2.45, 2.75) is 47.0 Å². The van der Waals surface area contributed by atoms with Crippen molar-refractivity contribution in [1.82, 2.24) is 4.90 Å². The molecule has 0 fully saturated rings. The minimum Gasteiger partial charge on any atom is -0.493 e. The van der Waals surface area contributed by atoms with E-state index in [9.17, 15) is 10.1 Å². The summed E-state index contributed by atoms with van der Waals surface area (Å²) in [6, 6.07) is 8.18. The van der Waals surface area contributed by atoms with Gasteiger partial charge in [0.05, 0.1) is 12.7 Å². The van der Waals surface area contributed by atoms with Crippen LogP contribution in [0.1, 0.15) is 44.2 Å². The Morgan fingerprint density at radius 3 is 2.48 bits per heavy atom. The quantitative estimate of drug-likeness (QED) is 0.695. The van der Waals surface area contributed by atoms with Gasteiger partial charge in [0.15, 0.2) is 0 Å². The molecule has 0 aromatic heterocycles. The summed E-state index contributed by atoms with van der Waals surface area (Å²) in [7, 11) is 0. The summed E-state index contributed by atoms with van der Waals surface area (Å²) < 4.78 is 5.78. The van der Waals surface area contributed by atoms with Crippen molar-refractivity contribution in [1.29, 1.82) is 5.26 Å². The van der Waals surface area contributed by atoms with E-state index in [1.807, 2.05) is 45.9 Å². The fraction of sp³-hybridized carbons (Fsp3) is 0.579. The molecule has 0 saturated carbocycles. The van der Waals surface area contributed by atoms with E-state index in [0.29, 0.717) is 26.1 Å². The number of hydrogen-bond acceptors (Lipinski definition) is 3. The first kappa shape index (κ1) is 19.0. The number of carbonyl (C=O) groups excluding carboxylic acids is 1. The second-order valence-corrected chi connectivity index (χ2v) is 5.91. The third-order valence-corrected chi connectivity index (χ3v) is 3.76. The Kier molecular flexibility index (Phi) is 8.18. The van der Waals surface area contributed by atoms with Crippen LogP contribution in [0.15, 0.2) is 18.2 Å². The molecule has 4 nitrogen and oxygen atoms in total. The fourth-order valence-electron chi connectivity index (χ4n) is 2.49. The lowest BCUT2D eigenvalue weighted by atomic mass is 10.1. The average Bonchev–Trinajstić information content (AvgIpc) is 2.54. The highest BCUT2D eigenvalue weighted by molar-refractivity contribution is 5.81. The molecule has 1 atom stereocenters. The molecule has 0 spiro atoms. The zero-order valence-electron chi connectivity index (χ0n) is 14.8. The van der Waals surface area contributed by atoms with Gasteiger partial charge in [-0.15, -0.1) is 0 Å². The van der Waals surface area contributed by atoms with Crippen molar-refractivity contribution in [2.24, 2.45) is 5.92 Å². The molecular formula is C19H28N2O2. The van der Waals surface area contributed by atoms with Gasteiger partial charge < -0.3 is 9.64 Å². The maximum atomic E-state index is 12.5. The number of nitriles is 1. The molecule has 23 heavy (non-hydrogen) atoms. The second kappa shape index (κ2) is 9.89. The van der Waals surface area contributed by atoms with E-state index in [2.05, 4.69) is 6.07 Å². The summed E-state index contributed by atoms with van der Waals surface area (Å²) in [5.74, 6) is 0.132. The zero-order valence-corrected chi connectivity index (χ0v) is 14.8. The van der Waals surface area contributed by atoms with Crippen LogP contribution < -0.4 is 4.74 Å². The first-order valence-corrected chi connectivity index (χ1v) is 8.41. The van der Waals surface area contributed by atoms with Gasteiger partial charge in [0.25, 0.3) is 0 Å². The van der Waals surface area contributed by atoms with Crippen LogP contribution in [0.3, 0.4) is 0 Å². The van der Waals surface area contributed by atoms with Gasteiger partial charge in [-0.05, 0) is 43.9 Å². The number of ether oxygens (including phenoxy) is 1. The van der Waals surface area contributed by atoms with Crippen molar-refractivity contribution in [2.75, 3.05) is 19.7 Å². The van der Waals surface area contributed by atoms with Crippen molar-refractivity contribution >= 4 is 5.91 Å². The van der Waals surface area contributed by atoms with Gasteiger partial charge >= 0.3 is 0 Å². The Morgan fingerprint density at radius 2 is 1.91 bits per heavy atom. The van der Waals surface area contributed by atoms with Crippen LogP contribution in [0, 0.1) is 31.1 Å². The molecule has 0 N–H and O–H groups in total. The molecule has 1 unspecified atom stereocenters. The summed E-state index contributed by atoms with van der Waals surface area (Å²) in [6.07, 6.45) is 2.23. The fourth-order valence-corrected chi connectivity index (χ4v) is 2.49. The minimum absolute atomic E-state index is 0.0687. The van der Waals surface area contributed by atoms with Crippen LogP contribution in [0.4, 0.5) is 0 Å². The third-order valence-electron chi connectivity index (χ3n) is 3.76. The molecule has 0 saturated heterocycles. The van der Waals surface area contributed by atoms with Crippen molar-refractivity contribution in [3.05, 3.63) is 29.3 Å². The zero-order chi connectivity index (χ0) is 17.2. The Morgan fingerprint density at radius 1 is 1.26 bits per heavy atom. The molecule has 126 valence electrons. The van der Waals surface area contributed by atoms with E-state index in [1.54, 1.807) is 4.90 Å². The van der Waals surface area contributed by atoms with Crippen LogP contribution >= 0.6 is 0 Å². The number of carbonyl (C=O) groups is 1. The number of aryl methyl sites for hydroxylation is 2. The lowest BCUT2D eigenvalue weighted by molar-refractivity contribution is -0.134. The van der Waals surface area contributed by atoms with E-state index >= 15 is 0 Å². The summed E-state index contributed by atoms with van der Waals surface area (Å²) in [6.45, 7) is 9.89. The first-order valence-electron chi connectivity index (χ1n) is 8.41. The topological polar surface area (TPSA) is 53.3 Å². The van der Waals surface area contributed by atoms with E-state index in [1.165, 1.54) is 0 Å². The molecule has 1 amide bonds. The number of benzene rings is 1. The third kappa shape index (κ3) is 5.94. The van der Waals surface area contributed by atoms with E-state index in [4.69, 9.17) is 4.74 Å². The highest BCUT2D eigenvalue weighted by Crippen LogP contribution is 2.20. The Balaban J connectivity index is 2.60. The lowest BCUT2D eigenvalue weighted by Crippen LogP contribution is -2.37. The maximum Gasteiger partial charge on any atom is 0.240 e. The monoisotopic (exact) mass is 316 g/mol. The number of rotatable bonds is 9. The Labute approximate surface area is 140 Å². The van der Waals surface area contributed by atoms with Gasteiger partial charge in [-0.1, -0.05) is 26.0 Å². The standard InChI is InChI=1S/C19H28N2O2/c1-5-10-21(11-6-2)19(22)17(14-20)9-12-23-18-13-15(3)7-8-16(18)4/h7-8,13,17H,5-6,9-12H2,1-4H3. The number of amides is 1. The molecule has 0 heterocycles. The molecule has 0 bridgehead atoms. The normalized spacial score (nSPS) is 11.6. The van der Waals surface area contributed by atoms with Gasteiger partial charge in [0, 0.05) is 19.5 Å². The van der Waals surface area contributed by atoms with E-state index in [0.717, 1.165) is 29.7 Å². The van der Waals surface area contributed by atoms with Crippen LogP contribution in [-0.4, -0.2) is 30.5 Å². The molecule has 0 aliphatic carbocycles. The van der Waals surface area contributed by atoms with Gasteiger partial charge in [-0.2, -0.15) is 5.26 Å². The van der Waals surface area contributed by atoms with E-state index in [-0.39, 0.29) is 5.91 Å². The predicted octanol–water partition coefficient (Wildman–Crippen LogP) is 3.86. The number of nitrogens with zero attached hydrogens (tertiary/aromatic N) is 2. The molecule has 0 aliphatic rings. The summed E-state index contributed by atoms with van der Waals surface area (Å²) >= 11 is 0. The van der Waals surface area contributed by atoms with Gasteiger partial charge in [-0.3, -0.25) is 4.79 Å². The molecular weight excluding hydrogens is 288 g/mol. The SMILES string of the molecule is CCCN(CCC)C(=O)C(C#N)CCOc1cc(C)ccc1C. The van der Waals surface area contributed by atoms with Gasteiger partial charge in [-0.25, -0.2) is 0 Å². The van der Waals surface area contributed by atoms with E-state index < -0.39 is 5.92 Å². The highest BCUT2D eigenvalue weighted by atomic mass is 16.5. The van der Waals surface area contributed by atoms with Crippen molar-refractivity contribution < 1.29 is 9.53 Å². The van der Waals surface area contributed by atoms with Crippen molar-refractivity contribution in [3.8, 4) is 11.8 Å². The number of hydrogen-bond donors (Lipinski definition) is 0. The Hall–Kier alpha value is -2.02. The summed E-state index contributed by atoms with van der Waals surface area (Å²) in [5, 5.41) is 9.32. The van der Waals surface area contributed by atoms with Crippen LogP contribution in [-0.2, 0) is 4.79 Å².